The van der Waals surface area contributed by atoms with Crippen LogP contribution in [-0.4, -0.2) is 35.1 Å². The minimum Gasteiger partial charge on any atom is -0.278 e. The molecule has 0 aliphatic heterocycles. The molecular weight excluding hydrogens is 204 g/mol. The molecule has 0 aliphatic rings. The average molecular weight is 214 g/mol. The minimum absolute atomic E-state index is 0.898. The summed E-state index contributed by atoms with van der Waals surface area (Å²) < 4.78 is 25.3. The quantitative estimate of drug-likeness (QED) is 0.526. The molecular formula is C7H10N4O2S. The summed E-state index contributed by atoms with van der Waals surface area (Å²) in [7, 11) is -2.18. The Morgan fingerprint density at radius 1 is 1.64 bits per heavy atom. The summed E-state index contributed by atoms with van der Waals surface area (Å²) in [6.07, 6.45) is 6.21. The molecule has 0 amide bonds. The van der Waals surface area contributed by atoms with Gasteiger partial charge in [0.15, 0.2) is 0 Å². The summed E-state index contributed by atoms with van der Waals surface area (Å²) in [5, 5.41) is 0. The van der Waals surface area contributed by atoms with Crippen molar-refractivity contribution in [2.24, 2.45) is 4.99 Å². The first-order valence-electron chi connectivity index (χ1n) is 3.69. The molecule has 6 nitrogen and oxygen atoms in total. The van der Waals surface area contributed by atoms with Crippen LogP contribution in [0.15, 0.2) is 36.5 Å². The third kappa shape index (κ3) is 1.82. The van der Waals surface area contributed by atoms with Crippen LogP contribution in [0.25, 0.3) is 0 Å². The van der Waals surface area contributed by atoms with E-state index in [1.165, 1.54) is 25.8 Å². The lowest BCUT2D eigenvalue weighted by Crippen LogP contribution is -2.29. The summed E-state index contributed by atoms with van der Waals surface area (Å²) in [5.41, 5.74) is 0. The second-order valence-electron chi connectivity index (χ2n) is 2.29. The van der Waals surface area contributed by atoms with E-state index >= 15 is 0 Å². The Kier molecular flexibility index (Phi) is 3.03. The highest BCUT2D eigenvalue weighted by atomic mass is 32.2. The Balaban J connectivity index is 3.12. The van der Waals surface area contributed by atoms with Crippen molar-refractivity contribution in [1.82, 2.24) is 13.3 Å². The Bertz CT molecular complexity index is 421. The summed E-state index contributed by atoms with van der Waals surface area (Å²) >= 11 is 0. The normalized spacial score (nSPS) is 11.8. The van der Waals surface area contributed by atoms with Crippen LogP contribution in [0.4, 0.5) is 0 Å². The molecule has 0 saturated carbocycles. The van der Waals surface area contributed by atoms with Crippen LogP contribution in [0, 0.1) is 0 Å². The van der Waals surface area contributed by atoms with Gasteiger partial charge in [0.1, 0.15) is 12.7 Å². The number of hydrogen-bond acceptors (Lipinski definition) is 4. The Hall–Kier alpha value is -1.63. The lowest BCUT2D eigenvalue weighted by atomic mass is 11.0. The Morgan fingerprint density at radius 2 is 2.36 bits per heavy atom. The first-order valence-corrected chi connectivity index (χ1v) is 5.09. The molecule has 0 bridgehead atoms. The predicted molar refractivity (Wildman–Crippen MR) is 53.0 cm³/mol. The number of imidazole rings is 1. The van der Waals surface area contributed by atoms with E-state index in [-0.39, 0.29) is 0 Å². The van der Waals surface area contributed by atoms with E-state index in [4.69, 9.17) is 0 Å². The van der Waals surface area contributed by atoms with Gasteiger partial charge in [0, 0.05) is 25.6 Å². The fraction of sp³-hybridized carbons (Fsp3) is 0.143. The molecule has 1 rings (SSSR count). The highest BCUT2D eigenvalue weighted by molar-refractivity contribution is 7.88. The Morgan fingerprint density at radius 3 is 2.79 bits per heavy atom. The van der Waals surface area contributed by atoms with Gasteiger partial charge < -0.3 is 0 Å². The molecule has 0 aliphatic carbocycles. The van der Waals surface area contributed by atoms with Crippen LogP contribution < -0.4 is 0 Å². The molecule has 76 valence electrons. The fourth-order valence-electron chi connectivity index (χ4n) is 0.807. The highest BCUT2D eigenvalue weighted by Crippen LogP contribution is 2.02. The number of aromatic nitrogens is 2. The second kappa shape index (κ2) is 4.05. The van der Waals surface area contributed by atoms with Gasteiger partial charge in [-0.3, -0.25) is 4.99 Å². The van der Waals surface area contributed by atoms with Crippen LogP contribution in [0.1, 0.15) is 0 Å². The zero-order valence-corrected chi connectivity index (χ0v) is 8.42. The predicted octanol–water partition coefficient (Wildman–Crippen LogP) is 0.0796. The SMILES string of the molecule is C=CN(C=NC)S(=O)(=O)n1ccnc1. The molecule has 7 heteroatoms. The van der Waals surface area contributed by atoms with Crippen LogP contribution in [0.2, 0.25) is 0 Å². The first-order chi connectivity index (χ1) is 6.62. The van der Waals surface area contributed by atoms with Crippen molar-refractivity contribution >= 4 is 16.5 Å². The van der Waals surface area contributed by atoms with Crippen LogP contribution in [0.5, 0.6) is 0 Å². The van der Waals surface area contributed by atoms with Gasteiger partial charge in [-0.2, -0.15) is 8.42 Å². The molecule has 0 aromatic carbocycles. The van der Waals surface area contributed by atoms with Gasteiger partial charge in [0.25, 0.3) is 0 Å². The van der Waals surface area contributed by atoms with Crippen molar-refractivity contribution in [2.45, 2.75) is 0 Å². The van der Waals surface area contributed by atoms with Gasteiger partial charge >= 0.3 is 10.2 Å². The van der Waals surface area contributed by atoms with E-state index in [1.807, 2.05) is 0 Å². The molecule has 1 heterocycles. The summed E-state index contributed by atoms with van der Waals surface area (Å²) in [6, 6.07) is 0. The standard InChI is InChI=1S/C7H10N4O2S/c1-3-10(6-8-2)14(12,13)11-5-4-9-7-11/h3-7H,1H2,2H3. The van der Waals surface area contributed by atoms with Crippen molar-refractivity contribution in [3.05, 3.63) is 31.5 Å². The summed E-state index contributed by atoms with van der Waals surface area (Å²) in [5.74, 6) is 0. The van der Waals surface area contributed by atoms with Gasteiger partial charge in [-0.1, -0.05) is 6.58 Å². The zero-order valence-electron chi connectivity index (χ0n) is 7.61. The summed E-state index contributed by atoms with van der Waals surface area (Å²) in [4.78, 5) is 7.24. The number of hydrogen-bond donors (Lipinski definition) is 0. The van der Waals surface area contributed by atoms with Crippen LogP contribution in [-0.2, 0) is 10.2 Å². The molecule has 1 aromatic rings. The maximum atomic E-state index is 11.7. The molecule has 0 fully saturated rings. The molecule has 0 radical (unpaired) electrons. The van der Waals surface area contributed by atoms with Gasteiger partial charge in [-0.25, -0.2) is 13.3 Å². The van der Waals surface area contributed by atoms with Crippen molar-refractivity contribution in [2.75, 3.05) is 7.05 Å². The van der Waals surface area contributed by atoms with E-state index in [0.717, 1.165) is 20.8 Å². The summed E-state index contributed by atoms with van der Waals surface area (Å²) in [6.45, 7) is 3.38. The average Bonchev–Trinajstić information content (AvgIpc) is 2.66. The highest BCUT2D eigenvalue weighted by Gasteiger charge is 2.17. The second-order valence-corrected chi connectivity index (χ2v) is 4.03. The monoisotopic (exact) mass is 214 g/mol. The number of rotatable bonds is 4. The van der Waals surface area contributed by atoms with Gasteiger partial charge in [-0.05, 0) is 0 Å². The molecule has 0 unspecified atom stereocenters. The molecule has 14 heavy (non-hydrogen) atoms. The van der Waals surface area contributed by atoms with E-state index in [0.29, 0.717) is 0 Å². The number of nitrogens with zero attached hydrogens (tertiary/aromatic N) is 4. The maximum Gasteiger partial charge on any atom is 0.335 e. The van der Waals surface area contributed by atoms with Crippen molar-refractivity contribution in [3.63, 3.8) is 0 Å². The zero-order chi connectivity index (χ0) is 10.6. The molecule has 0 N–H and O–H groups in total. The van der Waals surface area contributed by atoms with Gasteiger partial charge in [0.05, 0.1) is 0 Å². The minimum atomic E-state index is -3.65. The molecule has 0 spiro atoms. The van der Waals surface area contributed by atoms with Crippen molar-refractivity contribution in [3.8, 4) is 0 Å². The van der Waals surface area contributed by atoms with Crippen molar-refractivity contribution in [1.29, 1.82) is 0 Å². The van der Waals surface area contributed by atoms with E-state index in [2.05, 4.69) is 16.6 Å². The van der Waals surface area contributed by atoms with Crippen LogP contribution in [0.3, 0.4) is 0 Å². The largest absolute Gasteiger partial charge is 0.335 e. The van der Waals surface area contributed by atoms with E-state index < -0.39 is 10.2 Å². The molecule has 0 atom stereocenters. The smallest absolute Gasteiger partial charge is 0.278 e. The third-order valence-corrected chi connectivity index (χ3v) is 2.95. The van der Waals surface area contributed by atoms with Crippen molar-refractivity contribution < 1.29 is 8.42 Å². The van der Waals surface area contributed by atoms with E-state index in [1.54, 1.807) is 0 Å². The molecule has 1 aromatic heterocycles. The Labute approximate surface area is 82.4 Å². The lowest BCUT2D eigenvalue weighted by molar-refractivity contribution is 0.555. The fourth-order valence-corrected chi connectivity index (χ4v) is 1.81. The molecule has 0 saturated heterocycles. The topological polar surface area (TPSA) is 67.6 Å². The first kappa shape index (κ1) is 10.5. The third-order valence-electron chi connectivity index (χ3n) is 1.42. The van der Waals surface area contributed by atoms with E-state index in [9.17, 15) is 8.42 Å². The number of aliphatic imine (C=N–C) groups is 1. The lowest BCUT2D eigenvalue weighted by Gasteiger charge is -2.14. The van der Waals surface area contributed by atoms with Gasteiger partial charge in [-0.15, -0.1) is 0 Å². The van der Waals surface area contributed by atoms with Gasteiger partial charge in [0.2, 0.25) is 0 Å². The maximum absolute atomic E-state index is 11.7. The van der Waals surface area contributed by atoms with Crippen LogP contribution >= 0.6 is 0 Å².